The van der Waals surface area contributed by atoms with Crippen LogP contribution in [0.5, 0.6) is 0 Å². The molecule has 1 aromatic rings. The van der Waals surface area contributed by atoms with Gasteiger partial charge in [0.1, 0.15) is 5.60 Å². The van der Waals surface area contributed by atoms with Crippen molar-refractivity contribution in [1.82, 2.24) is 0 Å². The molecule has 0 aromatic heterocycles. The van der Waals surface area contributed by atoms with E-state index < -0.39 is 11.2 Å². The summed E-state index contributed by atoms with van der Waals surface area (Å²) in [6.07, 6.45) is 3.00. The van der Waals surface area contributed by atoms with Crippen molar-refractivity contribution in [3.8, 4) is 0 Å². The first-order valence-corrected chi connectivity index (χ1v) is 7.61. The van der Waals surface area contributed by atoms with Crippen LogP contribution in [0.4, 0.5) is 10.5 Å². The average molecular weight is 289 g/mol. The van der Waals surface area contributed by atoms with Gasteiger partial charge in [0.15, 0.2) is 0 Å². The van der Waals surface area contributed by atoms with Crippen LogP contribution in [-0.2, 0) is 17.6 Å². The van der Waals surface area contributed by atoms with Crippen LogP contribution in [0.3, 0.4) is 0 Å². The Hall–Kier alpha value is -1.55. The molecule has 1 heterocycles. The zero-order chi connectivity index (χ0) is 15.3. The number of carbonyl (C=O) groups is 1. The van der Waals surface area contributed by atoms with Crippen molar-refractivity contribution in [3.05, 3.63) is 29.3 Å². The Balaban J connectivity index is 1.82. The average Bonchev–Trinajstić information content (AvgIpc) is 2.92. The Bertz CT molecular complexity index is 570. The minimum Gasteiger partial charge on any atom is -0.443 e. The van der Waals surface area contributed by atoms with E-state index in [-0.39, 0.29) is 6.09 Å². The fourth-order valence-electron chi connectivity index (χ4n) is 2.85. The summed E-state index contributed by atoms with van der Waals surface area (Å²) in [5.41, 5.74) is 2.29. The SMILES string of the molecule is CC(C)(C)OC(=O)N1CCc2c(CC3(O)CC3)cccc21. The largest absolute Gasteiger partial charge is 0.443 e. The molecular weight excluding hydrogens is 266 g/mol. The van der Waals surface area contributed by atoms with Gasteiger partial charge in [-0.1, -0.05) is 12.1 Å². The molecule has 1 aliphatic heterocycles. The van der Waals surface area contributed by atoms with Gasteiger partial charge in [-0.15, -0.1) is 0 Å². The van der Waals surface area contributed by atoms with Gasteiger partial charge in [0.25, 0.3) is 0 Å². The lowest BCUT2D eigenvalue weighted by Crippen LogP contribution is -2.35. The Labute approximate surface area is 125 Å². The maximum atomic E-state index is 12.3. The molecule has 2 aliphatic rings. The Morgan fingerprint density at radius 3 is 2.71 bits per heavy atom. The van der Waals surface area contributed by atoms with Gasteiger partial charge in [-0.2, -0.15) is 0 Å². The molecule has 0 radical (unpaired) electrons. The molecule has 1 aromatic carbocycles. The summed E-state index contributed by atoms with van der Waals surface area (Å²) in [6, 6.07) is 5.99. The van der Waals surface area contributed by atoms with Crippen LogP contribution < -0.4 is 4.90 Å². The van der Waals surface area contributed by atoms with Gasteiger partial charge in [-0.3, -0.25) is 4.90 Å². The van der Waals surface area contributed by atoms with E-state index in [9.17, 15) is 9.90 Å². The number of ether oxygens (including phenoxy) is 1. The number of benzene rings is 1. The first-order chi connectivity index (χ1) is 9.77. The molecule has 1 aliphatic carbocycles. The number of nitrogens with zero attached hydrogens (tertiary/aromatic N) is 1. The van der Waals surface area contributed by atoms with Crippen molar-refractivity contribution < 1.29 is 14.6 Å². The van der Waals surface area contributed by atoms with Gasteiger partial charge >= 0.3 is 6.09 Å². The predicted molar refractivity (Wildman–Crippen MR) is 81.6 cm³/mol. The normalized spacial score (nSPS) is 19.3. The molecule has 1 fully saturated rings. The van der Waals surface area contributed by atoms with Gasteiger partial charge in [0.2, 0.25) is 0 Å². The minimum atomic E-state index is -0.505. The van der Waals surface area contributed by atoms with E-state index >= 15 is 0 Å². The summed E-state index contributed by atoms with van der Waals surface area (Å²) >= 11 is 0. The molecule has 0 spiro atoms. The lowest BCUT2D eigenvalue weighted by Gasteiger charge is -2.25. The molecular formula is C17H23NO3. The number of carbonyl (C=O) groups excluding carboxylic acids is 1. The van der Waals surface area contributed by atoms with Crippen LogP contribution in [0.1, 0.15) is 44.7 Å². The van der Waals surface area contributed by atoms with Gasteiger partial charge in [-0.25, -0.2) is 4.79 Å². The smallest absolute Gasteiger partial charge is 0.414 e. The molecule has 4 heteroatoms. The molecule has 0 unspecified atom stereocenters. The first-order valence-electron chi connectivity index (χ1n) is 7.61. The van der Waals surface area contributed by atoms with Crippen molar-refractivity contribution in [2.75, 3.05) is 11.4 Å². The maximum absolute atomic E-state index is 12.3. The second-order valence-corrected chi connectivity index (χ2v) is 7.20. The maximum Gasteiger partial charge on any atom is 0.414 e. The van der Waals surface area contributed by atoms with Gasteiger partial charge < -0.3 is 9.84 Å². The van der Waals surface area contributed by atoms with E-state index in [0.717, 1.165) is 24.9 Å². The number of rotatable bonds is 2. The van der Waals surface area contributed by atoms with Gasteiger partial charge in [0.05, 0.1) is 11.3 Å². The topological polar surface area (TPSA) is 49.8 Å². The van der Waals surface area contributed by atoms with E-state index in [1.54, 1.807) is 4.90 Å². The number of hydrogen-bond acceptors (Lipinski definition) is 3. The highest BCUT2D eigenvalue weighted by molar-refractivity contribution is 5.90. The van der Waals surface area contributed by atoms with Crippen LogP contribution in [0.2, 0.25) is 0 Å². The molecule has 21 heavy (non-hydrogen) atoms. The predicted octanol–water partition coefficient (Wildman–Crippen LogP) is 3.05. The molecule has 0 atom stereocenters. The van der Waals surface area contributed by atoms with Gasteiger partial charge in [0, 0.05) is 13.0 Å². The molecule has 0 bridgehead atoms. The summed E-state index contributed by atoms with van der Waals surface area (Å²) < 4.78 is 5.47. The summed E-state index contributed by atoms with van der Waals surface area (Å²) in [7, 11) is 0. The number of hydrogen-bond donors (Lipinski definition) is 1. The fraction of sp³-hybridized carbons (Fsp3) is 0.588. The van der Waals surface area contributed by atoms with Crippen molar-refractivity contribution in [2.45, 2.75) is 57.7 Å². The summed E-state index contributed by atoms with van der Waals surface area (Å²) in [5, 5.41) is 10.1. The standard InChI is InChI=1S/C17H23NO3/c1-16(2,3)21-15(19)18-10-7-13-12(5-4-6-14(13)18)11-17(20)8-9-17/h4-6,20H,7-11H2,1-3H3. The van der Waals surface area contributed by atoms with Crippen molar-refractivity contribution >= 4 is 11.8 Å². The lowest BCUT2D eigenvalue weighted by atomic mass is 9.98. The van der Waals surface area contributed by atoms with E-state index in [2.05, 4.69) is 6.07 Å². The third kappa shape index (κ3) is 3.05. The number of amides is 1. The van der Waals surface area contributed by atoms with Crippen LogP contribution in [0.25, 0.3) is 0 Å². The minimum absolute atomic E-state index is 0.288. The van der Waals surface area contributed by atoms with E-state index in [4.69, 9.17) is 4.74 Å². The number of aliphatic hydroxyl groups is 1. The Morgan fingerprint density at radius 2 is 2.10 bits per heavy atom. The second kappa shape index (κ2) is 4.73. The quantitative estimate of drug-likeness (QED) is 0.910. The molecule has 0 saturated heterocycles. The van der Waals surface area contributed by atoms with Crippen LogP contribution in [0, 0.1) is 0 Å². The highest BCUT2D eigenvalue weighted by atomic mass is 16.6. The molecule has 1 saturated carbocycles. The zero-order valence-electron chi connectivity index (χ0n) is 13.0. The zero-order valence-corrected chi connectivity index (χ0v) is 13.0. The van der Waals surface area contributed by atoms with E-state index in [1.807, 2.05) is 32.9 Å². The van der Waals surface area contributed by atoms with Crippen molar-refractivity contribution in [3.63, 3.8) is 0 Å². The highest BCUT2D eigenvalue weighted by Gasteiger charge is 2.41. The van der Waals surface area contributed by atoms with E-state index in [0.29, 0.717) is 13.0 Å². The summed E-state index contributed by atoms with van der Waals surface area (Å²) in [4.78, 5) is 14.0. The van der Waals surface area contributed by atoms with E-state index in [1.165, 1.54) is 11.1 Å². The van der Waals surface area contributed by atoms with Crippen molar-refractivity contribution in [1.29, 1.82) is 0 Å². The Morgan fingerprint density at radius 1 is 1.38 bits per heavy atom. The molecule has 3 rings (SSSR count). The lowest BCUT2D eigenvalue weighted by molar-refractivity contribution is 0.0584. The monoisotopic (exact) mass is 289 g/mol. The van der Waals surface area contributed by atoms with Crippen molar-refractivity contribution in [2.24, 2.45) is 0 Å². The number of fused-ring (bicyclic) bond motifs is 1. The summed E-state index contributed by atoms with van der Waals surface area (Å²) in [5.74, 6) is 0. The number of anilines is 1. The third-order valence-corrected chi connectivity index (χ3v) is 4.09. The van der Waals surface area contributed by atoms with Crippen LogP contribution in [-0.4, -0.2) is 28.9 Å². The second-order valence-electron chi connectivity index (χ2n) is 7.20. The molecule has 1 N–H and O–H groups in total. The molecule has 114 valence electrons. The third-order valence-electron chi connectivity index (χ3n) is 4.09. The fourth-order valence-corrected chi connectivity index (χ4v) is 2.85. The summed E-state index contributed by atoms with van der Waals surface area (Å²) in [6.45, 7) is 6.28. The highest BCUT2D eigenvalue weighted by Crippen LogP contribution is 2.41. The molecule has 4 nitrogen and oxygen atoms in total. The van der Waals surface area contributed by atoms with Crippen LogP contribution >= 0.6 is 0 Å². The molecule has 1 amide bonds. The first kappa shape index (κ1) is 14.4. The van der Waals surface area contributed by atoms with Crippen LogP contribution in [0.15, 0.2) is 18.2 Å². The Kier molecular flexibility index (Phi) is 3.24. The van der Waals surface area contributed by atoms with Gasteiger partial charge in [-0.05, 0) is 57.2 Å².